The first kappa shape index (κ1) is 22.3. The van der Waals surface area contributed by atoms with Gasteiger partial charge in [-0.3, -0.25) is 14.5 Å². The number of hydrogen-bond donors (Lipinski definition) is 1. The standard InChI is InChI=1S/C26H33N3O3/c1-19-16-20(8-9-24(19)32-2)18-29-15-12-27-26(31)23(29)17-25(30)28-13-10-22(11-14-28)21-6-4-3-5-7-21/h3-9,16,22-23H,10-15,17-18H2,1-2H3,(H,27,31). The van der Waals surface area contributed by atoms with Gasteiger partial charge in [-0.2, -0.15) is 0 Å². The molecule has 6 heteroatoms. The molecule has 6 nitrogen and oxygen atoms in total. The first-order valence-electron chi connectivity index (χ1n) is 11.5. The van der Waals surface area contributed by atoms with Crippen LogP contribution in [0.5, 0.6) is 5.75 Å². The molecule has 0 spiro atoms. The summed E-state index contributed by atoms with van der Waals surface area (Å²) in [4.78, 5) is 29.8. The summed E-state index contributed by atoms with van der Waals surface area (Å²) in [6, 6.07) is 16.2. The van der Waals surface area contributed by atoms with Gasteiger partial charge in [0.05, 0.1) is 19.6 Å². The Morgan fingerprint density at radius 1 is 1.09 bits per heavy atom. The van der Waals surface area contributed by atoms with Gasteiger partial charge in [0.15, 0.2) is 0 Å². The normalized spacial score (nSPS) is 20.1. The van der Waals surface area contributed by atoms with Crippen LogP contribution in [-0.4, -0.2) is 60.9 Å². The molecule has 0 aliphatic carbocycles. The van der Waals surface area contributed by atoms with Crippen molar-refractivity contribution in [3.8, 4) is 5.75 Å². The van der Waals surface area contributed by atoms with Crippen LogP contribution in [0, 0.1) is 6.92 Å². The molecule has 2 aliphatic heterocycles. The molecule has 0 radical (unpaired) electrons. The Kier molecular flexibility index (Phi) is 7.10. The SMILES string of the molecule is COc1ccc(CN2CCNC(=O)C2CC(=O)N2CCC(c3ccccc3)CC2)cc1C. The third-order valence-corrected chi connectivity index (χ3v) is 6.77. The number of piperazine rings is 1. The second-order valence-electron chi connectivity index (χ2n) is 8.85. The van der Waals surface area contributed by atoms with E-state index in [-0.39, 0.29) is 18.2 Å². The average Bonchev–Trinajstić information content (AvgIpc) is 2.82. The summed E-state index contributed by atoms with van der Waals surface area (Å²) in [6.45, 7) is 5.53. The molecule has 2 saturated heterocycles. The summed E-state index contributed by atoms with van der Waals surface area (Å²) in [5.74, 6) is 1.40. The highest BCUT2D eigenvalue weighted by Crippen LogP contribution is 2.28. The molecule has 4 rings (SSSR count). The number of hydrogen-bond acceptors (Lipinski definition) is 4. The van der Waals surface area contributed by atoms with Gasteiger partial charge in [-0.15, -0.1) is 0 Å². The highest BCUT2D eigenvalue weighted by molar-refractivity contribution is 5.88. The van der Waals surface area contributed by atoms with Crippen LogP contribution in [0.2, 0.25) is 0 Å². The molecular formula is C26H33N3O3. The minimum Gasteiger partial charge on any atom is -0.496 e. The fourth-order valence-electron chi connectivity index (χ4n) is 4.93. The van der Waals surface area contributed by atoms with Crippen molar-refractivity contribution in [1.82, 2.24) is 15.1 Å². The lowest BCUT2D eigenvalue weighted by atomic mass is 9.89. The van der Waals surface area contributed by atoms with E-state index in [1.807, 2.05) is 30.0 Å². The lowest BCUT2D eigenvalue weighted by Gasteiger charge is -2.37. The van der Waals surface area contributed by atoms with Crippen molar-refractivity contribution in [1.29, 1.82) is 0 Å². The number of benzene rings is 2. The van der Waals surface area contributed by atoms with E-state index in [9.17, 15) is 9.59 Å². The Morgan fingerprint density at radius 2 is 1.84 bits per heavy atom. The van der Waals surface area contributed by atoms with Crippen molar-refractivity contribution in [3.63, 3.8) is 0 Å². The maximum Gasteiger partial charge on any atom is 0.237 e. The molecule has 2 amide bonds. The van der Waals surface area contributed by atoms with Crippen molar-refractivity contribution in [2.24, 2.45) is 0 Å². The zero-order valence-electron chi connectivity index (χ0n) is 19.0. The quantitative estimate of drug-likeness (QED) is 0.758. The molecular weight excluding hydrogens is 402 g/mol. The van der Waals surface area contributed by atoms with Gasteiger partial charge in [-0.1, -0.05) is 42.5 Å². The largest absolute Gasteiger partial charge is 0.496 e. The summed E-state index contributed by atoms with van der Waals surface area (Å²) in [5, 5.41) is 2.94. The number of rotatable bonds is 6. The Hall–Kier alpha value is -2.86. The monoisotopic (exact) mass is 435 g/mol. The van der Waals surface area contributed by atoms with Gasteiger partial charge in [0.2, 0.25) is 11.8 Å². The zero-order valence-corrected chi connectivity index (χ0v) is 19.0. The number of nitrogens with zero attached hydrogens (tertiary/aromatic N) is 2. The number of aryl methyl sites for hydroxylation is 1. The van der Waals surface area contributed by atoms with Gasteiger partial charge < -0.3 is 15.0 Å². The van der Waals surface area contributed by atoms with Crippen molar-refractivity contribution < 1.29 is 14.3 Å². The minimum absolute atomic E-state index is 0.0472. The average molecular weight is 436 g/mol. The van der Waals surface area contributed by atoms with Crippen LogP contribution in [0.15, 0.2) is 48.5 Å². The van der Waals surface area contributed by atoms with E-state index in [0.29, 0.717) is 19.0 Å². The van der Waals surface area contributed by atoms with E-state index in [1.54, 1.807) is 7.11 Å². The topological polar surface area (TPSA) is 61.9 Å². The van der Waals surface area contributed by atoms with E-state index < -0.39 is 6.04 Å². The number of carbonyl (C=O) groups excluding carboxylic acids is 2. The van der Waals surface area contributed by atoms with Crippen molar-refractivity contribution in [3.05, 3.63) is 65.2 Å². The molecule has 0 aromatic heterocycles. The van der Waals surface area contributed by atoms with E-state index in [4.69, 9.17) is 4.74 Å². The number of amides is 2. The van der Waals surface area contributed by atoms with Gasteiger partial charge in [0.25, 0.3) is 0 Å². The number of methoxy groups -OCH3 is 1. The zero-order chi connectivity index (χ0) is 22.5. The number of likely N-dealkylation sites (tertiary alicyclic amines) is 1. The van der Waals surface area contributed by atoms with E-state index in [1.165, 1.54) is 5.56 Å². The second-order valence-corrected chi connectivity index (χ2v) is 8.85. The number of ether oxygens (including phenoxy) is 1. The summed E-state index contributed by atoms with van der Waals surface area (Å²) in [7, 11) is 1.67. The lowest BCUT2D eigenvalue weighted by Crippen LogP contribution is -2.56. The molecule has 32 heavy (non-hydrogen) atoms. The lowest BCUT2D eigenvalue weighted by molar-refractivity contribution is -0.139. The molecule has 1 N–H and O–H groups in total. The molecule has 2 aromatic carbocycles. The van der Waals surface area contributed by atoms with Crippen LogP contribution in [0.3, 0.4) is 0 Å². The van der Waals surface area contributed by atoms with Gasteiger partial charge in [-0.05, 0) is 48.4 Å². The van der Waals surface area contributed by atoms with Gasteiger partial charge in [0, 0.05) is 32.7 Å². The second kappa shape index (κ2) is 10.2. The van der Waals surface area contributed by atoms with Crippen molar-refractivity contribution >= 4 is 11.8 Å². The minimum atomic E-state index is -0.425. The van der Waals surface area contributed by atoms with Crippen LogP contribution < -0.4 is 10.1 Å². The summed E-state index contributed by atoms with van der Waals surface area (Å²) in [5.41, 5.74) is 3.55. The maximum atomic E-state index is 13.1. The predicted molar refractivity (Wildman–Crippen MR) is 125 cm³/mol. The molecule has 2 heterocycles. The van der Waals surface area contributed by atoms with Gasteiger partial charge >= 0.3 is 0 Å². The molecule has 2 aromatic rings. The predicted octanol–water partition coefficient (Wildman–Crippen LogP) is 3.10. The van der Waals surface area contributed by atoms with E-state index >= 15 is 0 Å². The molecule has 170 valence electrons. The third kappa shape index (κ3) is 5.13. The summed E-state index contributed by atoms with van der Waals surface area (Å²) < 4.78 is 5.36. The van der Waals surface area contributed by atoms with Crippen molar-refractivity contribution in [2.75, 3.05) is 33.3 Å². The third-order valence-electron chi connectivity index (χ3n) is 6.77. The van der Waals surface area contributed by atoms with Crippen molar-refractivity contribution in [2.45, 2.75) is 44.7 Å². The maximum absolute atomic E-state index is 13.1. The van der Waals surface area contributed by atoms with E-state index in [2.05, 4.69) is 40.5 Å². The first-order chi connectivity index (χ1) is 15.5. The Labute approximate surface area is 190 Å². The Bertz CT molecular complexity index is 939. The molecule has 1 atom stereocenters. The molecule has 2 fully saturated rings. The molecule has 0 bridgehead atoms. The van der Waals surface area contributed by atoms with Crippen LogP contribution >= 0.6 is 0 Å². The van der Waals surface area contributed by atoms with Gasteiger partial charge in [0.1, 0.15) is 5.75 Å². The number of nitrogens with one attached hydrogen (secondary N) is 1. The first-order valence-corrected chi connectivity index (χ1v) is 11.5. The van der Waals surface area contributed by atoms with Crippen LogP contribution in [0.1, 0.15) is 41.9 Å². The molecule has 0 saturated carbocycles. The number of carbonyl (C=O) groups is 2. The number of piperidine rings is 1. The van der Waals surface area contributed by atoms with Crippen LogP contribution in [0.4, 0.5) is 0 Å². The van der Waals surface area contributed by atoms with Crippen LogP contribution in [-0.2, 0) is 16.1 Å². The van der Waals surface area contributed by atoms with E-state index in [0.717, 1.165) is 49.4 Å². The highest BCUT2D eigenvalue weighted by Gasteiger charge is 2.34. The molecule has 2 aliphatic rings. The summed E-state index contributed by atoms with van der Waals surface area (Å²) in [6.07, 6.45) is 2.18. The van der Waals surface area contributed by atoms with Gasteiger partial charge in [-0.25, -0.2) is 0 Å². The Morgan fingerprint density at radius 3 is 2.53 bits per heavy atom. The highest BCUT2D eigenvalue weighted by atomic mass is 16.5. The Balaban J connectivity index is 1.37. The fourth-order valence-corrected chi connectivity index (χ4v) is 4.93. The van der Waals surface area contributed by atoms with Crippen LogP contribution in [0.25, 0.3) is 0 Å². The smallest absolute Gasteiger partial charge is 0.237 e. The fraction of sp³-hybridized carbons (Fsp3) is 0.462. The summed E-state index contributed by atoms with van der Waals surface area (Å²) >= 11 is 0. The molecule has 1 unspecified atom stereocenters.